The maximum atomic E-state index is 3.64. The van der Waals surface area contributed by atoms with Gasteiger partial charge in [-0.15, -0.1) is 0 Å². The van der Waals surface area contributed by atoms with Gasteiger partial charge < -0.3 is 10.2 Å². The van der Waals surface area contributed by atoms with Crippen LogP contribution in [0.4, 0.5) is 0 Å². The molecule has 1 unspecified atom stereocenters. The predicted molar refractivity (Wildman–Crippen MR) is 65.1 cm³/mol. The first-order valence-electron chi connectivity index (χ1n) is 6.87. The predicted octanol–water partition coefficient (Wildman–Crippen LogP) is 2.39. The third-order valence-corrected chi connectivity index (χ3v) is 3.88. The zero-order valence-electron chi connectivity index (χ0n) is 10.2. The molecule has 0 aromatic rings. The topological polar surface area (TPSA) is 15.3 Å². The highest BCUT2D eigenvalue weighted by Crippen LogP contribution is 2.26. The van der Waals surface area contributed by atoms with Gasteiger partial charge in [-0.2, -0.15) is 0 Å². The van der Waals surface area contributed by atoms with E-state index >= 15 is 0 Å². The largest absolute Gasteiger partial charge is 0.314 e. The summed E-state index contributed by atoms with van der Waals surface area (Å²) in [5, 5.41) is 3.64. The fourth-order valence-electron chi connectivity index (χ4n) is 2.75. The van der Waals surface area contributed by atoms with Crippen molar-refractivity contribution in [2.24, 2.45) is 0 Å². The Balaban J connectivity index is 1.56. The van der Waals surface area contributed by atoms with Gasteiger partial charge in [0.15, 0.2) is 0 Å². The summed E-state index contributed by atoms with van der Waals surface area (Å²) >= 11 is 0. The summed E-state index contributed by atoms with van der Waals surface area (Å²) in [5.41, 5.74) is 0. The Morgan fingerprint density at radius 1 is 1.20 bits per heavy atom. The summed E-state index contributed by atoms with van der Waals surface area (Å²) in [6.45, 7) is 6.14. The molecule has 0 aromatic heterocycles. The van der Waals surface area contributed by atoms with Crippen molar-refractivity contribution in [2.45, 2.75) is 64.0 Å². The number of nitrogens with zero attached hydrogens (tertiary/aromatic N) is 1. The van der Waals surface area contributed by atoms with Gasteiger partial charge in [-0.05, 0) is 58.2 Å². The van der Waals surface area contributed by atoms with Crippen molar-refractivity contribution in [2.75, 3.05) is 19.6 Å². The van der Waals surface area contributed by atoms with Crippen molar-refractivity contribution in [3.8, 4) is 0 Å². The normalized spacial score (nSPS) is 27.2. The standard InChI is InChI=1S/C13H26N2/c1-2-15(13-8-9-13)11-5-7-12-6-3-4-10-14-12/h12-14H,2-11H2,1H3. The van der Waals surface area contributed by atoms with Crippen LogP contribution in [-0.4, -0.2) is 36.6 Å². The minimum Gasteiger partial charge on any atom is -0.314 e. The maximum Gasteiger partial charge on any atom is 0.00963 e. The SMILES string of the molecule is CCN(CCCC1CCCCN1)C1CC1. The van der Waals surface area contributed by atoms with Crippen molar-refractivity contribution >= 4 is 0 Å². The quantitative estimate of drug-likeness (QED) is 0.724. The van der Waals surface area contributed by atoms with Crippen LogP contribution < -0.4 is 5.32 Å². The monoisotopic (exact) mass is 210 g/mol. The van der Waals surface area contributed by atoms with E-state index < -0.39 is 0 Å². The average Bonchev–Trinajstić information content (AvgIpc) is 3.10. The van der Waals surface area contributed by atoms with E-state index in [4.69, 9.17) is 0 Å². The molecule has 0 spiro atoms. The summed E-state index contributed by atoms with van der Waals surface area (Å²) in [5.74, 6) is 0. The van der Waals surface area contributed by atoms with Crippen LogP contribution in [0.1, 0.15) is 51.9 Å². The lowest BCUT2D eigenvalue weighted by molar-refractivity contribution is 0.260. The van der Waals surface area contributed by atoms with E-state index in [1.165, 1.54) is 64.6 Å². The molecule has 2 aliphatic rings. The minimum atomic E-state index is 0.830. The van der Waals surface area contributed by atoms with Crippen LogP contribution in [0.15, 0.2) is 0 Å². The lowest BCUT2D eigenvalue weighted by Gasteiger charge is -2.25. The summed E-state index contributed by atoms with van der Waals surface area (Å²) < 4.78 is 0. The number of nitrogens with one attached hydrogen (secondary N) is 1. The summed E-state index contributed by atoms with van der Waals surface area (Å²) in [6, 6.07) is 1.78. The van der Waals surface area contributed by atoms with Crippen molar-refractivity contribution in [3.05, 3.63) is 0 Å². The second kappa shape index (κ2) is 5.86. The van der Waals surface area contributed by atoms with Crippen molar-refractivity contribution in [1.82, 2.24) is 10.2 Å². The molecular formula is C13H26N2. The Bertz CT molecular complexity index is 171. The zero-order chi connectivity index (χ0) is 10.5. The van der Waals surface area contributed by atoms with Gasteiger partial charge in [0.2, 0.25) is 0 Å². The van der Waals surface area contributed by atoms with Crippen LogP contribution in [0.3, 0.4) is 0 Å². The fourth-order valence-corrected chi connectivity index (χ4v) is 2.75. The Hall–Kier alpha value is -0.0800. The third kappa shape index (κ3) is 3.76. The van der Waals surface area contributed by atoms with Crippen LogP contribution >= 0.6 is 0 Å². The number of hydrogen-bond donors (Lipinski definition) is 1. The average molecular weight is 210 g/mol. The molecule has 2 fully saturated rings. The second-order valence-electron chi connectivity index (χ2n) is 5.15. The summed E-state index contributed by atoms with van der Waals surface area (Å²) in [7, 11) is 0. The minimum absolute atomic E-state index is 0.830. The number of hydrogen-bond acceptors (Lipinski definition) is 2. The molecule has 1 aliphatic carbocycles. The molecule has 1 aliphatic heterocycles. The highest BCUT2D eigenvalue weighted by atomic mass is 15.2. The fraction of sp³-hybridized carbons (Fsp3) is 1.00. The van der Waals surface area contributed by atoms with Gasteiger partial charge in [0, 0.05) is 12.1 Å². The summed E-state index contributed by atoms with van der Waals surface area (Å²) in [4.78, 5) is 2.67. The molecular weight excluding hydrogens is 184 g/mol. The zero-order valence-corrected chi connectivity index (χ0v) is 10.2. The number of piperidine rings is 1. The first kappa shape index (κ1) is 11.4. The summed E-state index contributed by atoms with van der Waals surface area (Å²) in [6.07, 6.45) is 9.93. The molecule has 0 radical (unpaired) electrons. The van der Waals surface area contributed by atoms with Crippen LogP contribution in [0.2, 0.25) is 0 Å². The number of rotatable bonds is 6. The second-order valence-corrected chi connectivity index (χ2v) is 5.15. The lowest BCUT2D eigenvalue weighted by atomic mass is 10.0. The van der Waals surface area contributed by atoms with Gasteiger partial charge in [-0.1, -0.05) is 13.3 Å². The van der Waals surface area contributed by atoms with Gasteiger partial charge in [0.1, 0.15) is 0 Å². The van der Waals surface area contributed by atoms with Gasteiger partial charge >= 0.3 is 0 Å². The van der Waals surface area contributed by atoms with E-state index in [9.17, 15) is 0 Å². The lowest BCUT2D eigenvalue weighted by Crippen LogP contribution is -2.35. The molecule has 0 amide bonds. The van der Waals surface area contributed by atoms with Gasteiger partial charge in [-0.3, -0.25) is 0 Å². The van der Waals surface area contributed by atoms with Gasteiger partial charge in [0.25, 0.3) is 0 Å². The van der Waals surface area contributed by atoms with E-state index in [1.54, 1.807) is 0 Å². The van der Waals surface area contributed by atoms with Crippen molar-refractivity contribution in [3.63, 3.8) is 0 Å². The van der Waals surface area contributed by atoms with Crippen LogP contribution in [-0.2, 0) is 0 Å². The molecule has 0 bridgehead atoms. The molecule has 2 nitrogen and oxygen atoms in total. The maximum absolute atomic E-state index is 3.64. The first-order valence-corrected chi connectivity index (χ1v) is 6.87. The Labute approximate surface area is 94.4 Å². The highest BCUT2D eigenvalue weighted by Gasteiger charge is 2.27. The molecule has 2 heteroatoms. The molecule has 88 valence electrons. The van der Waals surface area contributed by atoms with Crippen molar-refractivity contribution < 1.29 is 0 Å². The van der Waals surface area contributed by atoms with E-state index in [-0.39, 0.29) is 0 Å². The van der Waals surface area contributed by atoms with E-state index in [0.717, 1.165) is 12.1 Å². The molecule has 1 N–H and O–H groups in total. The Kier molecular flexibility index (Phi) is 4.45. The van der Waals surface area contributed by atoms with E-state index in [2.05, 4.69) is 17.1 Å². The molecule has 1 atom stereocenters. The molecule has 1 saturated heterocycles. The molecule has 1 saturated carbocycles. The van der Waals surface area contributed by atoms with Crippen molar-refractivity contribution in [1.29, 1.82) is 0 Å². The van der Waals surface area contributed by atoms with E-state index in [1.807, 2.05) is 0 Å². The molecule has 1 heterocycles. The Morgan fingerprint density at radius 3 is 2.67 bits per heavy atom. The first-order chi connectivity index (χ1) is 7.40. The van der Waals surface area contributed by atoms with E-state index in [0.29, 0.717) is 0 Å². The molecule has 15 heavy (non-hydrogen) atoms. The smallest absolute Gasteiger partial charge is 0.00963 e. The molecule has 2 rings (SSSR count). The molecule has 0 aromatic carbocycles. The highest BCUT2D eigenvalue weighted by molar-refractivity contribution is 4.84. The van der Waals surface area contributed by atoms with Gasteiger partial charge in [-0.25, -0.2) is 0 Å². The third-order valence-electron chi connectivity index (χ3n) is 3.88. The van der Waals surface area contributed by atoms with Crippen LogP contribution in [0.5, 0.6) is 0 Å². The Morgan fingerprint density at radius 2 is 2.07 bits per heavy atom. The van der Waals surface area contributed by atoms with Gasteiger partial charge in [0.05, 0.1) is 0 Å². The van der Waals surface area contributed by atoms with Crippen LogP contribution in [0.25, 0.3) is 0 Å². The van der Waals surface area contributed by atoms with Crippen LogP contribution in [0, 0.1) is 0 Å².